The maximum absolute atomic E-state index is 15.4. The second kappa shape index (κ2) is 8.67. The van der Waals surface area contributed by atoms with Crippen molar-refractivity contribution >= 4 is 34.2 Å². The Morgan fingerprint density at radius 2 is 2.09 bits per heavy atom. The zero-order valence-corrected chi connectivity index (χ0v) is 17.7. The first-order valence-electron chi connectivity index (χ1n) is 10.1. The van der Waals surface area contributed by atoms with Crippen molar-refractivity contribution in [1.29, 1.82) is 0 Å². The number of nitrogens with zero attached hydrogens (tertiary/aromatic N) is 2. The van der Waals surface area contributed by atoms with Gasteiger partial charge in [0.1, 0.15) is 11.3 Å². The van der Waals surface area contributed by atoms with Crippen LogP contribution in [0.2, 0.25) is 0 Å². The predicted molar refractivity (Wildman–Crippen MR) is 113 cm³/mol. The summed E-state index contributed by atoms with van der Waals surface area (Å²) in [7, 11) is 0. The molecule has 32 heavy (non-hydrogen) atoms. The smallest absolute Gasteiger partial charge is 0.387 e. The molecule has 2 aliphatic rings. The minimum atomic E-state index is -3.28. The van der Waals surface area contributed by atoms with E-state index in [0.29, 0.717) is 37.3 Å². The molecule has 0 radical (unpaired) electrons. The Hall–Kier alpha value is -2.72. The van der Waals surface area contributed by atoms with Crippen LogP contribution in [0.5, 0.6) is 5.75 Å². The van der Waals surface area contributed by atoms with Crippen LogP contribution in [0.3, 0.4) is 0 Å². The lowest BCUT2D eigenvalue weighted by Crippen LogP contribution is -2.33. The highest BCUT2D eigenvalue weighted by atomic mass is 35.5. The molecule has 11 heteroatoms. The van der Waals surface area contributed by atoms with Crippen molar-refractivity contribution in [3.8, 4) is 5.75 Å². The maximum Gasteiger partial charge on any atom is 0.387 e. The van der Waals surface area contributed by atoms with Crippen molar-refractivity contribution in [2.24, 2.45) is 5.73 Å². The van der Waals surface area contributed by atoms with E-state index in [1.807, 2.05) is 0 Å². The molecule has 2 aromatic rings. The van der Waals surface area contributed by atoms with Crippen LogP contribution in [0.4, 0.5) is 18.9 Å². The summed E-state index contributed by atoms with van der Waals surface area (Å²) in [5, 5.41) is 9.51. The third-order valence-electron chi connectivity index (χ3n) is 5.74. The van der Waals surface area contributed by atoms with E-state index in [0.717, 1.165) is 17.8 Å². The van der Waals surface area contributed by atoms with Gasteiger partial charge in [-0.3, -0.25) is 4.79 Å². The Morgan fingerprint density at radius 3 is 2.69 bits per heavy atom. The summed E-state index contributed by atoms with van der Waals surface area (Å²) in [5.41, 5.74) is 4.60. The summed E-state index contributed by atoms with van der Waals surface area (Å²) in [6.07, 6.45) is 3.69. The molecule has 172 valence electrons. The van der Waals surface area contributed by atoms with E-state index in [1.54, 1.807) is 0 Å². The Kier molecular flexibility index (Phi) is 6.09. The minimum absolute atomic E-state index is 0.0415. The van der Waals surface area contributed by atoms with Crippen molar-refractivity contribution in [3.63, 3.8) is 0 Å². The summed E-state index contributed by atoms with van der Waals surface area (Å²) < 4.78 is 48.5. The molecule has 0 spiro atoms. The molecule has 2 fully saturated rings. The summed E-state index contributed by atoms with van der Waals surface area (Å²) in [6, 6.07) is 0.706. The number of hydrogen-bond donors (Lipinski definition) is 2. The first-order chi connectivity index (χ1) is 15.2. The number of hydrogen-bond acceptors (Lipinski definition) is 5. The molecule has 1 aliphatic heterocycles. The van der Waals surface area contributed by atoms with Crippen molar-refractivity contribution in [1.82, 2.24) is 4.57 Å². The number of piperidine rings is 1. The number of aromatic carboxylic acids is 1. The van der Waals surface area contributed by atoms with Crippen LogP contribution in [0, 0.1) is 5.82 Å². The second-order valence-corrected chi connectivity index (χ2v) is 8.32. The van der Waals surface area contributed by atoms with Crippen LogP contribution >= 0.6 is 11.6 Å². The highest BCUT2D eigenvalue weighted by molar-refractivity contribution is 6.30. The molecule has 0 unspecified atom stereocenters. The molecule has 7 nitrogen and oxygen atoms in total. The molecule has 1 aromatic heterocycles. The molecular weight excluding hydrogens is 451 g/mol. The van der Waals surface area contributed by atoms with E-state index in [1.165, 1.54) is 9.47 Å². The van der Waals surface area contributed by atoms with Gasteiger partial charge in [0, 0.05) is 36.9 Å². The number of carboxylic acid groups (broad SMARTS) is 1. The van der Waals surface area contributed by atoms with Gasteiger partial charge in [0.2, 0.25) is 5.43 Å². The van der Waals surface area contributed by atoms with Crippen LogP contribution in [0.25, 0.3) is 10.9 Å². The lowest BCUT2D eigenvalue weighted by Gasteiger charge is -2.33. The number of carbonyl (C=O) groups is 1. The van der Waals surface area contributed by atoms with Gasteiger partial charge in [-0.05, 0) is 37.3 Å². The zero-order chi connectivity index (χ0) is 23.2. The molecule has 0 amide bonds. The van der Waals surface area contributed by atoms with E-state index in [9.17, 15) is 23.5 Å². The Bertz CT molecular complexity index is 1180. The van der Waals surface area contributed by atoms with E-state index in [4.69, 9.17) is 22.1 Å². The molecule has 3 N–H and O–H groups in total. The summed E-state index contributed by atoms with van der Waals surface area (Å²) in [4.78, 5) is 25.9. The molecule has 4 rings (SSSR count). The minimum Gasteiger partial charge on any atom is -0.477 e. The fourth-order valence-electron chi connectivity index (χ4n) is 4.16. The fourth-order valence-corrected chi connectivity index (χ4v) is 4.31. The van der Waals surface area contributed by atoms with Crippen molar-refractivity contribution in [2.45, 2.75) is 38.3 Å². The number of fused-ring (bicyclic) bond motifs is 1. The molecule has 1 saturated carbocycles. The van der Waals surface area contributed by atoms with Gasteiger partial charge in [-0.25, -0.2) is 9.18 Å². The third-order valence-corrected chi connectivity index (χ3v) is 6.16. The number of ether oxygens (including phenoxy) is 1. The number of halogens is 4. The largest absolute Gasteiger partial charge is 0.477 e. The van der Waals surface area contributed by atoms with Gasteiger partial charge in [0.15, 0.2) is 11.6 Å². The third kappa shape index (κ3) is 4.04. The molecule has 0 atom stereocenters. The number of rotatable bonds is 6. The van der Waals surface area contributed by atoms with Crippen LogP contribution < -0.4 is 20.8 Å². The summed E-state index contributed by atoms with van der Waals surface area (Å²) >= 11 is 6.18. The Labute approximate surface area is 185 Å². The average molecular weight is 472 g/mol. The fraction of sp³-hybridized carbons (Fsp3) is 0.429. The van der Waals surface area contributed by atoms with Gasteiger partial charge in [-0.2, -0.15) is 8.78 Å². The first kappa shape index (κ1) is 22.5. The molecule has 1 saturated heterocycles. The highest BCUT2D eigenvalue weighted by Crippen LogP contribution is 2.45. The lowest BCUT2D eigenvalue weighted by atomic mass is 10.0. The molecule has 0 bridgehead atoms. The van der Waals surface area contributed by atoms with Crippen LogP contribution in [-0.2, 0) is 0 Å². The number of nitrogens with two attached hydrogens (primary N) is 1. The highest BCUT2D eigenvalue weighted by Gasteiger charge is 2.33. The average Bonchev–Trinajstić information content (AvgIpc) is 3.58. The van der Waals surface area contributed by atoms with Crippen molar-refractivity contribution in [3.05, 3.63) is 44.5 Å². The number of alkyl halides is 2. The number of aromatic nitrogens is 1. The molecule has 1 aromatic carbocycles. The number of pyridine rings is 1. The standard InChI is InChI=1S/C21H21ClF3N3O4/c22-14(7-26)10-2-1-5-27(8-10)17-15(23)6-12-16(19(17)32-21(24)25)28(11-3-4-11)9-13(18(12)29)20(30)31/h6,9,11,21H,1-5,7-8,26H2,(H,30,31). The van der Waals surface area contributed by atoms with E-state index in [2.05, 4.69) is 0 Å². The van der Waals surface area contributed by atoms with E-state index in [-0.39, 0.29) is 35.7 Å². The molecule has 1 aliphatic carbocycles. The first-order valence-corrected chi connectivity index (χ1v) is 10.5. The number of benzene rings is 1. The van der Waals surface area contributed by atoms with Crippen LogP contribution in [0.1, 0.15) is 42.1 Å². The quantitative estimate of drug-likeness (QED) is 0.664. The van der Waals surface area contributed by atoms with Crippen molar-refractivity contribution < 1.29 is 27.8 Å². The van der Waals surface area contributed by atoms with E-state index >= 15 is 4.39 Å². The van der Waals surface area contributed by atoms with Crippen molar-refractivity contribution in [2.75, 3.05) is 24.5 Å². The van der Waals surface area contributed by atoms with Gasteiger partial charge in [-0.1, -0.05) is 11.6 Å². The van der Waals surface area contributed by atoms with Crippen LogP contribution in [-0.4, -0.2) is 41.9 Å². The van der Waals surface area contributed by atoms with Crippen LogP contribution in [0.15, 0.2) is 27.7 Å². The number of carboxylic acids is 1. The molecule has 2 heterocycles. The lowest BCUT2D eigenvalue weighted by molar-refractivity contribution is -0.0488. The van der Waals surface area contributed by atoms with Gasteiger partial charge in [-0.15, -0.1) is 0 Å². The second-order valence-electron chi connectivity index (χ2n) is 7.86. The van der Waals surface area contributed by atoms with E-state index < -0.39 is 35.1 Å². The van der Waals surface area contributed by atoms with Gasteiger partial charge in [0.05, 0.1) is 10.9 Å². The topological polar surface area (TPSA) is 97.8 Å². The summed E-state index contributed by atoms with van der Waals surface area (Å²) in [6.45, 7) is -2.67. The summed E-state index contributed by atoms with van der Waals surface area (Å²) in [5.74, 6) is -2.92. The normalized spacial score (nSPS) is 18.4. The predicted octanol–water partition coefficient (Wildman–Crippen LogP) is 3.83. The van der Waals surface area contributed by atoms with Gasteiger partial charge >= 0.3 is 12.6 Å². The Morgan fingerprint density at radius 1 is 1.38 bits per heavy atom. The van der Waals surface area contributed by atoms with Gasteiger partial charge < -0.3 is 25.0 Å². The van der Waals surface area contributed by atoms with Gasteiger partial charge in [0.25, 0.3) is 0 Å². The maximum atomic E-state index is 15.4. The molecular formula is C21H21ClF3N3O4. The monoisotopic (exact) mass is 471 g/mol. The zero-order valence-electron chi connectivity index (χ0n) is 16.9. The SMILES string of the molecule is NCC(Cl)=C1CCCN(c2c(F)cc3c(=O)c(C(=O)O)cn(C4CC4)c3c2OC(F)F)C1. The number of anilines is 1. The Balaban J connectivity index is 2.01.